The number of hydrogen-bond donors (Lipinski definition) is 2. The van der Waals surface area contributed by atoms with E-state index in [9.17, 15) is 9.59 Å². The number of nitrogens with one attached hydrogen (secondary N) is 2. The van der Waals surface area contributed by atoms with Crippen LogP contribution >= 0.6 is 23.2 Å². The van der Waals surface area contributed by atoms with E-state index in [0.717, 1.165) is 11.3 Å². The third-order valence-corrected chi connectivity index (χ3v) is 4.92. The fourth-order valence-electron chi connectivity index (χ4n) is 2.86. The molecule has 2 amide bonds. The molecule has 0 radical (unpaired) electrons. The molecule has 0 aliphatic rings. The Kier molecular flexibility index (Phi) is 8.80. The van der Waals surface area contributed by atoms with Gasteiger partial charge >= 0.3 is 0 Å². The Bertz CT molecular complexity index is 838. The number of rotatable bonds is 9. The summed E-state index contributed by atoms with van der Waals surface area (Å²) in [5, 5.41) is 6.39. The van der Waals surface area contributed by atoms with Crippen LogP contribution in [0.25, 0.3) is 0 Å². The maximum atomic E-state index is 12.7. The minimum absolute atomic E-state index is 0.217. The summed E-state index contributed by atoms with van der Waals surface area (Å²) in [7, 11) is 1.62. The van der Waals surface area contributed by atoms with Crippen molar-refractivity contribution < 1.29 is 14.3 Å². The van der Waals surface area contributed by atoms with Gasteiger partial charge in [-0.1, -0.05) is 49.2 Å². The lowest BCUT2D eigenvalue weighted by atomic mass is 10.0. The SMILES string of the molecule is COc1ccc(CCNC(=O)C(CC(C)C)NC(=O)c2ccc(Cl)cc2Cl)cc1. The number of halogens is 2. The largest absolute Gasteiger partial charge is 0.497 e. The zero-order valence-electron chi connectivity index (χ0n) is 16.8. The van der Waals surface area contributed by atoms with Gasteiger partial charge in [-0.05, 0) is 54.7 Å². The molecule has 1 unspecified atom stereocenters. The molecule has 7 heteroatoms. The second kappa shape index (κ2) is 11.1. The molecule has 2 aromatic carbocycles. The third kappa shape index (κ3) is 7.26. The topological polar surface area (TPSA) is 67.4 Å². The normalized spacial score (nSPS) is 11.8. The molecule has 0 saturated heterocycles. The van der Waals surface area contributed by atoms with E-state index in [2.05, 4.69) is 10.6 Å². The van der Waals surface area contributed by atoms with Gasteiger partial charge in [0.1, 0.15) is 11.8 Å². The molecular formula is C22H26Cl2N2O3. The molecule has 29 heavy (non-hydrogen) atoms. The molecule has 5 nitrogen and oxygen atoms in total. The molecule has 156 valence electrons. The number of carbonyl (C=O) groups excluding carboxylic acids is 2. The Balaban J connectivity index is 1.96. The molecule has 0 heterocycles. The first-order valence-corrected chi connectivity index (χ1v) is 10.2. The van der Waals surface area contributed by atoms with Crippen LogP contribution in [0, 0.1) is 5.92 Å². The highest BCUT2D eigenvalue weighted by Crippen LogP contribution is 2.21. The van der Waals surface area contributed by atoms with Gasteiger partial charge in [-0.25, -0.2) is 0 Å². The van der Waals surface area contributed by atoms with E-state index in [-0.39, 0.29) is 22.4 Å². The molecule has 0 aliphatic carbocycles. The van der Waals surface area contributed by atoms with E-state index in [1.807, 2.05) is 38.1 Å². The predicted octanol–water partition coefficient (Wildman–Crippen LogP) is 4.51. The lowest BCUT2D eigenvalue weighted by Gasteiger charge is -2.20. The number of ether oxygens (including phenoxy) is 1. The van der Waals surface area contributed by atoms with Crippen LogP contribution in [0.3, 0.4) is 0 Å². The molecule has 0 bridgehead atoms. The average Bonchev–Trinajstić information content (AvgIpc) is 2.67. The van der Waals surface area contributed by atoms with Gasteiger partial charge in [0, 0.05) is 11.6 Å². The highest BCUT2D eigenvalue weighted by molar-refractivity contribution is 6.36. The first-order chi connectivity index (χ1) is 13.8. The van der Waals surface area contributed by atoms with Crippen molar-refractivity contribution in [3.8, 4) is 5.75 Å². The number of hydrogen-bond acceptors (Lipinski definition) is 3. The summed E-state index contributed by atoms with van der Waals surface area (Å²) in [4.78, 5) is 25.3. The van der Waals surface area contributed by atoms with E-state index in [1.54, 1.807) is 19.2 Å². The molecule has 0 saturated carbocycles. The monoisotopic (exact) mass is 436 g/mol. The number of benzene rings is 2. The van der Waals surface area contributed by atoms with Gasteiger partial charge in [-0.15, -0.1) is 0 Å². The second-order valence-corrected chi connectivity index (χ2v) is 8.01. The van der Waals surface area contributed by atoms with Crippen molar-refractivity contribution in [3.05, 3.63) is 63.6 Å². The van der Waals surface area contributed by atoms with Crippen molar-refractivity contribution in [1.29, 1.82) is 0 Å². The molecule has 2 rings (SSSR count). The van der Waals surface area contributed by atoms with E-state index < -0.39 is 11.9 Å². The minimum atomic E-state index is -0.648. The van der Waals surface area contributed by atoms with Crippen LogP contribution in [-0.4, -0.2) is 31.5 Å². The molecule has 2 aromatic rings. The van der Waals surface area contributed by atoms with Crippen LogP contribution in [0.4, 0.5) is 0 Å². The Morgan fingerprint density at radius 2 is 1.76 bits per heavy atom. The molecule has 0 aromatic heterocycles. The third-order valence-electron chi connectivity index (χ3n) is 4.38. The highest BCUT2D eigenvalue weighted by atomic mass is 35.5. The first kappa shape index (κ1) is 23.0. The van der Waals surface area contributed by atoms with Crippen molar-refractivity contribution in [1.82, 2.24) is 10.6 Å². The summed E-state index contributed by atoms with van der Waals surface area (Å²) in [5.74, 6) is 0.403. The van der Waals surface area contributed by atoms with E-state index >= 15 is 0 Å². The Hall–Kier alpha value is -2.24. The second-order valence-electron chi connectivity index (χ2n) is 7.17. The fourth-order valence-corrected chi connectivity index (χ4v) is 3.35. The van der Waals surface area contributed by atoms with Crippen LogP contribution in [0.5, 0.6) is 5.75 Å². The van der Waals surface area contributed by atoms with Crippen molar-refractivity contribution in [2.24, 2.45) is 5.92 Å². The van der Waals surface area contributed by atoms with Crippen molar-refractivity contribution in [2.75, 3.05) is 13.7 Å². The van der Waals surface area contributed by atoms with Gasteiger partial charge in [0.2, 0.25) is 5.91 Å². The maximum absolute atomic E-state index is 12.7. The zero-order chi connectivity index (χ0) is 21.4. The summed E-state index contributed by atoms with van der Waals surface area (Å²) in [5.41, 5.74) is 1.37. The predicted molar refractivity (Wildman–Crippen MR) is 117 cm³/mol. The fraction of sp³-hybridized carbons (Fsp3) is 0.364. The number of carbonyl (C=O) groups is 2. The van der Waals surface area contributed by atoms with E-state index in [1.165, 1.54) is 6.07 Å². The zero-order valence-corrected chi connectivity index (χ0v) is 18.3. The molecule has 0 aliphatic heterocycles. The van der Waals surface area contributed by atoms with Gasteiger partial charge in [0.05, 0.1) is 17.7 Å². The van der Waals surface area contributed by atoms with Crippen molar-refractivity contribution >= 4 is 35.0 Å². The standard InChI is InChI=1S/C22H26Cl2N2O3/c1-14(2)12-20(26-21(27)18-9-6-16(23)13-19(18)24)22(28)25-11-10-15-4-7-17(29-3)8-5-15/h4-9,13-14,20H,10-12H2,1-3H3,(H,25,28)(H,26,27). The lowest BCUT2D eigenvalue weighted by Crippen LogP contribution is -2.47. The van der Waals surface area contributed by atoms with Gasteiger partial charge in [-0.2, -0.15) is 0 Å². The molecule has 1 atom stereocenters. The van der Waals surface area contributed by atoms with Gasteiger partial charge in [-0.3, -0.25) is 9.59 Å². The highest BCUT2D eigenvalue weighted by Gasteiger charge is 2.23. The quantitative estimate of drug-likeness (QED) is 0.607. The minimum Gasteiger partial charge on any atom is -0.497 e. The van der Waals surface area contributed by atoms with Crippen molar-refractivity contribution in [2.45, 2.75) is 32.7 Å². The summed E-state index contributed by atoms with van der Waals surface area (Å²) in [6.45, 7) is 4.47. The van der Waals surface area contributed by atoms with E-state index in [4.69, 9.17) is 27.9 Å². The van der Waals surface area contributed by atoms with Gasteiger partial charge in [0.25, 0.3) is 5.91 Å². The van der Waals surface area contributed by atoms with Gasteiger partial charge < -0.3 is 15.4 Å². The molecule has 0 spiro atoms. The first-order valence-electron chi connectivity index (χ1n) is 9.46. The molecule has 2 N–H and O–H groups in total. The molecular weight excluding hydrogens is 411 g/mol. The Morgan fingerprint density at radius 1 is 1.07 bits per heavy atom. The summed E-state index contributed by atoms with van der Waals surface area (Å²) >= 11 is 12.0. The Labute approximate surface area is 181 Å². The molecule has 0 fully saturated rings. The number of amides is 2. The van der Waals surface area contributed by atoms with Crippen molar-refractivity contribution in [3.63, 3.8) is 0 Å². The van der Waals surface area contributed by atoms with Crippen LogP contribution in [0.2, 0.25) is 10.0 Å². The summed E-state index contributed by atoms with van der Waals surface area (Å²) in [6.07, 6.45) is 1.20. The Morgan fingerprint density at radius 3 is 2.34 bits per heavy atom. The number of methoxy groups -OCH3 is 1. The van der Waals surface area contributed by atoms with Crippen LogP contribution in [0.1, 0.15) is 36.2 Å². The summed E-state index contributed by atoms with van der Waals surface area (Å²) < 4.78 is 5.14. The smallest absolute Gasteiger partial charge is 0.253 e. The van der Waals surface area contributed by atoms with Gasteiger partial charge in [0.15, 0.2) is 0 Å². The lowest BCUT2D eigenvalue weighted by molar-refractivity contribution is -0.123. The summed E-state index contributed by atoms with van der Waals surface area (Å²) in [6, 6.07) is 11.7. The van der Waals surface area contributed by atoms with Crippen LogP contribution < -0.4 is 15.4 Å². The maximum Gasteiger partial charge on any atom is 0.253 e. The van der Waals surface area contributed by atoms with Crippen LogP contribution in [0.15, 0.2) is 42.5 Å². The average molecular weight is 437 g/mol. The van der Waals surface area contributed by atoms with E-state index in [0.29, 0.717) is 24.4 Å². The van der Waals surface area contributed by atoms with Crippen LogP contribution in [-0.2, 0) is 11.2 Å².